The molecule has 0 bridgehead atoms. The molecule has 0 saturated carbocycles. The zero-order chi connectivity index (χ0) is 23.3. The molecule has 1 aromatic heterocycles. The first-order valence-corrected chi connectivity index (χ1v) is 13.7. The summed E-state index contributed by atoms with van der Waals surface area (Å²) >= 11 is 1.81. The zero-order valence-corrected chi connectivity index (χ0v) is 21.2. The van der Waals surface area contributed by atoms with Crippen LogP contribution in [0, 0.1) is 0 Å². The number of unbranched alkanes of at least 4 members (excludes halogenated alkanes) is 9. The fourth-order valence-corrected chi connectivity index (χ4v) is 5.07. The van der Waals surface area contributed by atoms with Crippen molar-refractivity contribution in [2.75, 3.05) is 0 Å². The SMILES string of the molecule is CCCCCCCCCc1ncc(-c2ccc3cc(OC(=O)CCCCCC)ccc3c2)s1. The van der Waals surface area contributed by atoms with Gasteiger partial charge in [0.05, 0.1) is 9.88 Å². The number of esters is 1. The van der Waals surface area contributed by atoms with Gasteiger partial charge in [0.15, 0.2) is 0 Å². The van der Waals surface area contributed by atoms with Crippen molar-refractivity contribution in [3.63, 3.8) is 0 Å². The van der Waals surface area contributed by atoms with Gasteiger partial charge in [0.25, 0.3) is 0 Å². The van der Waals surface area contributed by atoms with Gasteiger partial charge in [-0.3, -0.25) is 4.79 Å². The highest BCUT2D eigenvalue weighted by atomic mass is 32.1. The quantitative estimate of drug-likeness (QED) is 0.128. The third kappa shape index (κ3) is 8.58. The van der Waals surface area contributed by atoms with Crippen LogP contribution in [0.4, 0.5) is 0 Å². The monoisotopic (exact) mass is 465 g/mol. The minimum atomic E-state index is -0.139. The Hall–Kier alpha value is -2.20. The maximum atomic E-state index is 12.1. The van der Waals surface area contributed by atoms with Crippen LogP contribution in [0.15, 0.2) is 42.6 Å². The standard InChI is InChI=1S/C29H39NO2S/c1-3-5-7-9-10-11-12-14-28-30-22-27(33-28)25-17-16-24-21-26(19-18-23(24)20-25)32-29(31)15-13-8-6-4-2/h16-22H,3-15H2,1-2H3. The van der Waals surface area contributed by atoms with Gasteiger partial charge in [-0.05, 0) is 53.8 Å². The van der Waals surface area contributed by atoms with Gasteiger partial charge in [0.2, 0.25) is 0 Å². The van der Waals surface area contributed by atoms with Crippen molar-refractivity contribution in [3.05, 3.63) is 47.6 Å². The molecule has 3 nitrogen and oxygen atoms in total. The molecule has 0 aliphatic rings. The molecule has 0 radical (unpaired) electrons. The Bertz CT molecular complexity index is 994. The number of hydrogen-bond donors (Lipinski definition) is 0. The Morgan fingerprint density at radius 2 is 1.48 bits per heavy atom. The summed E-state index contributed by atoms with van der Waals surface area (Å²) in [7, 11) is 0. The number of fused-ring (bicyclic) bond motifs is 1. The summed E-state index contributed by atoms with van der Waals surface area (Å²) in [5.41, 5.74) is 1.20. The van der Waals surface area contributed by atoms with Crippen LogP contribution in [0.2, 0.25) is 0 Å². The number of nitrogens with zero attached hydrogens (tertiary/aromatic N) is 1. The largest absolute Gasteiger partial charge is 0.427 e. The van der Waals surface area contributed by atoms with Crippen molar-refractivity contribution >= 4 is 28.1 Å². The Balaban J connectivity index is 1.52. The Labute approximate surface area is 203 Å². The van der Waals surface area contributed by atoms with Crippen LogP contribution < -0.4 is 4.74 Å². The highest BCUT2D eigenvalue weighted by molar-refractivity contribution is 7.15. The molecule has 178 valence electrons. The number of ether oxygens (including phenoxy) is 1. The first kappa shape index (κ1) is 25.4. The van der Waals surface area contributed by atoms with Gasteiger partial charge in [0, 0.05) is 12.6 Å². The van der Waals surface area contributed by atoms with E-state index in [9.17, 15) is 4.79 Å². The maximum Gasteiger partial charge on any atom is 0.311 e. The van der Waals surface area contributed by atoms with Crippen LogP contribution >= 0.6 is 11.3 Å². The third-order valence-corrected chi connectivity index (χ3v) is 7.22. The summed E-state index contributed by atoms with van der Waals surface area (Å²) < 4.78 is 5.55. The molecule has 0 amide bonds. The third-order valence-electron chi connectivity index (χ3n) is 6.11. The normalized spacial score (nSPS) is 11.2. The maximum absolute atomic E-state index is 12.1. The van der Waals surface area contributed by atoms with Crippen molar-refractivity contribution in [1.29, 1.82) is 0 Å². The lowest BCUT2D eigenvalue weighted by atomic mass is 10.1. The molecular weight excluding hydrogens is 426 g/mol. The predicted octanol–water partition coefficient (Wildman–Crippen LogP) is 9.13. The van der Waals surface area contributed by atoms with Gasteiger partial charge in [-0.25, -0.2) is 4.98 Å². The fourth-order valence-electron chi connectivity index (χ4n) is 4.11. The molecule has 0 aliphatic carbocycles. The van der Waals surface area contributed by atoms with Crippen molar-refractivity contribution in [3.8, 4) is 16.2 Å². The summed E-state index contributed by atoms with van der Waals surface area (Å²) in [6.45, 7) is 4.44. The fraction of sp³-hybridized carbons (Fsp3) is 0.517. The molecule has 0 saturated heterocycles. The molecule has 1 heterocycles. The molecule has 0 atom stereocenters. The average molecular weight is 466 g/mol. The molecule has 3 aromatic rings. The number of carbonyl (C=O) groups excluding carboxylic acids is 1. The Morgan fingerprint density at radius 3 is 2.27 bits per heavy atom. The van der Waals surface area contributed by atoms with Gasteiger partial charge in [0.1, 0.15) is 5.75 Å². The van der Waals surface area contributed by atoms with E-state index in [2.05, 4.69) is 37.0 Å². The Morgan fingerprint density at radius 1 is 0.818 bits per heavy atom. The number of rotatable bonds is 15. The lowest BCUT2D eigenvalue weighted by molar-refractivity contribution is -0.134. The summed E-state index contributed by atoms with van der Waals surface area (Å²) in [6.07, 6.45) is 17.2. The number of hydrogen-bond acceptors (Lipinski definition) is 4. The highest BCUT2D eigenvalue weighted by Crippen LogP contribution is 2.31. The molecule has 0 N–H and O–H groups in total. The van der Waals surface area contributed by atoms with Gasteiger partial charge in [-0.1, -0.05) is 89.8 Å². The van der Waals surface area contributed by atoms with Crippen LogP contribution in [-0.2, 0) is 11.2 Å². The number of benzene rings is 2. The van der Waals surface area contributed by atoms with E-state index in [1.165, 1.54) is 73.2 Å². The number of aromatic nitrogens is 1. The van der Waals surface area contributed by atoms with E-state index < -0.39 is 0 Å². The van der Waals surface area contributed by atoms with Crippen molar-refractivity contribution < 1.29 is 9.53 Å². The number of aryl methyl sites for hydroxylation is 1. The first-order valence-electron chi connectivity index (χ1n) is 12.9. The van der Waals surface area contributed by atoms with Crippen molar-refractivity contribution in [1.82, 2.24) is 4.98 Å². The minimum absolute atomic E-state index is 0.139. The summed E-state index contributed by atoms with van der Waals surface area (Å²) in [4.78, 5) is 18.0. The Kier molecular flexibility index (Phi) is 10.9. The molecule has 0 unspecified atom stereocenters. The van der Waals surface area contributed by atoms with E-state index in [1.54, 1.807) is 0 Å². The molecule has 0 aliphatic heterocycles. The first-order chi connectivity index (χ1) is 16.2. The second kappa shape index (κ2) is 14.1. The minimum Gasteiger partial charge on any atom is -0.427 e. The molecule has 2 aromatic carbocycles. The average Bonchev–Trinajstić information content (AvgIpc) is 3.30. The van der Waals surface area contributed by atoms with Crippen LogP contribution in [0.5, 0.6) is 5.75 Å². The molecule has 0 spiro atoms. The summed E-state index contributed by atoms with van der Waals surface area (Å²) in [6, 6.07) is 12.4. The van der Waals surface area contributed by atoms with E-state index in [-0.39, 0.29) is 5.97 Å². The van der Waals surface area contributed by atoms with E-state index >= 15 is 0 Å². The van der Waals surface area contributed by atoms with Crippen LogP contribution in [0.25, 0.3) is 21.2 Å². The lowest BCUT2D eigenvalue weighted by Gasteiger charge is -2.07. The van der Waals surface area contributed by atoms with Crippen LogP contribution in [0.3, 0.4) is 0 Å². The molecular formula is C29H39NO2S. The van der Waals surface area contributed by atoms with E-state index in [0.717, 1.165) is 30.0 Å². The predicted molar refractivity (Wildman–Crippen MR) is 141 cm³/mol. The molecule has 4 heteroatoms. The molecule has 0 fully saturated rings. The smallest absolute Gasteiger partial charge is 0.311 e. The van der Waals surface area contributed by atoms with Crippen LogP contribution in [0.1, 0.15) is 95.9 Å². The highest BCUT2D eigenvalue weighted by Gasteiger charge is 2.08. The number of carbonyl (C=O) groups is 1. The van der Waals surface area contributed by atoms with Crippen molar-refractivity contribution in [2.24, 2.45) is 0 Å². The van der Waals surface area contributed by atoms with E-state index in [0.29, 0.717) is 12.2 Å². The second-order valence-electron chi connectivity index (χ2n) is 9.00. The topological polar surface area (TPSA) is 39.2 Å². The van der Waals surface area contributed by atoms with Gasteiger partial charge in [-0.2, -0.15) is 0 Å². The van der Waals surface area contributed by atoms with E-state index in [1.807, 2.05) is 35.7 Å². The second-order valence-corrected chi connectivity index (χ2v) is 10.1. The van der Waals surface area contributed by atoms with Gasteiger partial charge < -0.3 is 4.74 Å². The summed E-state index contributed by atoms with van der Waals surface area (Å²) in [5, 5.41) is 3.47. The molecule has 33 heavy (non-hydrogen) atoms. The van der Waals surface area contributed by atoms with E-state index in [4.69, 9.17) is 4.74 Å². The lowest BCUT2D eigenvalue weighted by Crippen LogP contribution is -2.07. The van der Waals surface area contributed by atoms with Gasteiger partial charge >= 0.3 is 5.97 Å². The van der Waals surface area contributed by atoms with Gasteiger partial charge in [-0.15, -0.1) is 11.3 Å². The summed E-state index contributed by atoms with van der Waals surface area (Å²) in [5.74, 6) is 0.491. The molecule has 3 rings (SSSR count). The van der Waals surface area contributed by atoms with Crippen LogP contribution in [-0.4, -0.2) is 11.0 Å². The van der Waals surface area contributed by atoms with Crippen molar-refractivity contribution in [2.45, 2.75) is 97.3 Å². The zero-order valence-electron chi connectivity index (χ0n) is 20.4. The number of thiazole rings is 1.